The summed E-state index contributed by atoms with van der Waals surface area (Å²) >= 11 is 1.88. The Morgan fingerprint density at radius 1 is 1.23 bits per heavy atom. The molecule has 1 unspecified atom stereocenters. The number of nitrogens with one attached hydrogen (secondary N) is 1. The van der Waals surface area contributed by atoms with Crippen molar-refractivity contribution >= 4 is 42.5 Å². The molecule has 26 heavy (non-hydrogen) atoms. The van der Waals surface area contributed by atoms with E-state index in [4.69, 9.17) is 4.74 Å². The number of aryl methyl sites for hydroxylation is 1. The lowest BCUT2D eigenvalue weighted by Gasteiger charge is -2.29. The van der Waals surface area contributed by atoms with Gasteiger partial charge in [-0.3, -0.25) is 4.79 Å². The summed E-state index contributed by atoms with van der Waals surface area (Å²) in [4.78, 5) is 15.9. The van der Waals surface area contributed by atoms with Crippen LogP contribution in [0.5, 0.6) is 0 Å². The maximum Gasteiger partial charge on any atom is 0.312 e. The normalized spacial score (nSPS) is 21.2. The third-order valence-corrected chi connectivity index (χ3v) is 6.16. The van der Waals surface area contributed by atoms with E-state index in [1.165, 1.54) is 10.5 Å². The zero-order chi connectivity index (χ0) is 17.0. The molecule has 0 amide bonds. The molecule has 2 saturated heterocycles. The van der Waals surface area contributed by atoms with Crippen LogP contribution in [0.15, 0.2) is 29.2 Å². The number of esters is 1. The number of thioether (sulfide) groups is 1. The van der Waals surface area contributed by atoms with E-state index in [2.05, 4.69) is 48.5 Å². The van der Waals surface area contributed by atoms with E-state index in [9.17, 15) is 4.79 Å². The second-order valence-corrected chi connectivity index (χ2v) is 8.35. The number of likely N-dealkylation sites (N-methyl/N-ethyl adjacent to an activating group) is 1. The Kier molecular flexibility index (Phi) is 9.76. The molecule has 2 fully saturated rings. The molecule has 0 radical (unpaired) electrons. The highest BCUT2D eigenvalue weighted by molar-refractivity contribution is 7.99. The van der Waals surface area contributed by atoms with Crippen LogP contribution in [0.1, 0.15) is 24.8 Å². The molecular weight excluding hydrogens is 391 g/mol. The van der Waals surface area contributed by atoms with Crippen LogP contribution in [0.3, 0.4) is 0 Å². The number of carbonyl (C=O) groups excluding carboxylic acids is 1. The summed E-state index contributed by atoms with van der Waals surface area (Å²) in [5.41, 5.74) is 1.10. The Morgan fingerprint density at radius 3 is 2.54 bits per heavy atom. The Bertz CT molecular complexity index is 565. The van der Waals surface area contributed by atoms with Crippen LogP contribution in [0.4, 0.5) is 0 Å². The number of ether oxygens (including phenoxy) is 1. The van der Waals surface area contributed by atoms with Gasteiger partial charge in [0.1, 0.15) is 6.10 Å². The highest BCUT2D eigenvalue weighted by Gasteiger charge is 2.49. The molecule has 7 heteroatoms. The predicted octanol–water partition coefficient (Wildman–Crippen LogP) is 3.55. The van der Waals surface area contributed by atoms with Gasteiger partial charge >= 0.3 is 5.97 Å². The van der Waals surface area contributed by atoms with Crippen molar-refractivity contribution in [2.75, 3.05) is 39.0 Å². The number of cyclic esters (lactones) is 1. The molecule has 2 aliphatic rings. The lowest BCUT2D eigenvalue weighted by Crippen LogP contribution is -2.39. The molecule has 3 rings (SSSR count). The number of halogens is 2. The quantitative estimate of drug-likeness (QED) is 0.562. The van der Waals surface area contributed by atoms with E-state index in [0.717, 1.165) is 51.2 Å². The summed E-state index contributed by atoms with van der Waals surface area (Å²) in [6, 6.07) is 8.67. The van der Waals surface area contributed by atoms with Gasteiger partial charge in [-0.15, -0.1) is 36.6 Å². The van der Waals surface area contributed by atoms with E-state index in [-0.39, 0.29) is 42.3 Å². The summed E-state index contributed by atoms with van der Waals surface area (Å²) in [5.74, 6) is 1.09. The van der Waals surface area contributed by atoms with Gasteiger partial charge in [-0.05, 0) is 52.0 Å². The molecule has 1 spiro atoms. The summed E-state index contributed by atoms with van der Waals surface area (Å²) in [7, 11) is 2.12. The summed E-state index contributed by atoms with van der Waals surface area (Å²) in [5, 5.41) is 3.34. The van der Waals surface area contributed by atoms with Crippen LogP contribution in [-0.4, -0.2) is 56.0 Å². The molecule has 0 saturated carbocycles. The van der Waals surface area contributed by atoms with Gasteiger partial charge in [0.05, 0.1) is 5.41 Å². The van der Waals surface area contributed by atoms with Gasteiger partial charge in [-0.2, -0.15) is 0 Å². The standard InChI is InChI=1S/C19H28N2O2S.2ClH/c1-15-3-5-17(6-4-15)24-12-11-21(2)14-16-13-19(18(22)23-16)7-9-20-10-8-19;;/h3-6,16,20H,7-14H2,1-2H3;2*1H. The van der Waals surface area contributed by atoms with Crippen LogP contribution in [0.2, 0.25) is 0 Å². The van der Waals surface area contributed by atoms with Crippen molar-refractivity contribution in [3.63, 3.8) is 0 Å². The fraction of sp³-hybridized carbons (Fsp3) is 0.632. The highest BCUT2D eigenvalue weighted by Crippen LogP contribution is 2.41. The maximum absolute atomic E-state index is 12.3. The number of piperidine rings is 1. The Balaban J connectivity index is 0.00000169. The van der Waals surface area contributed by atoms with Gasteiger partial charge < -0.3 is 15.0 Å². The van der Waals surface area contributed by atoms with Gasteiger partial charge in [-0.25, -0.2) is 0 Å². The lowest BCUT2D eigenvalue weighted by molar-refractivity contribution is -0.150. The fourth-order valence-electron chi connectivity index (χ4n) is 3.65. The molecule has 0 bridgehead atoms. The van der Waals surface area contributed by atoms with Crippen LogP contribution < -0.4 is 5.32 Å². The van der Waals surface area contributed by atoms with Crippen molar-refractivity contribution in [3.8, 4) is 0 Å². The fourth-order valence-corrected chi connectivity index (χ4v) is 4.61. The third kappa shape index (κ3) is 6.03. The van der Waals surface area contributed by atoms with Gasteiger partial charge in [0, 0.05) is 30.2 Å². The largest absolute Gasteiger partial charge is 0.461 e. The van der Waals surface area contributed by atoms with Gasteiger partial charge in [0.25, 0.3) is 0 Å². The minimum atomic E-state index is -0.201. The minimum Gasteiger partial charge on any atom is -0.461 e. The molecular formula is C19H30Cl2N2O2S. The predicted molar refractivity (Wildman–Crippen MR) is 113 cm³/mol. The molecule has 2 aliphatic heterocycles. The van der Waals surface area contributed by atoms with Crippen LogP contribution >= 0.6 is 36.6 Å². The van der Waals surface area contributed by atoms with Crippen molar-refractivity contribution in [2.24, 2.45) is 5.41 Å². The number of benzene rings is 1. The zero-order valence-electron chi connectivity index (χ0n) is 15.5. The monoisotopic (exact) mass is 420 g/mol. The number of hydrogen-bond donors (Lipinski definition) is 1. The Hall–Kier alpha value is -0.460. The first-order valence-corrected chi connectivity index (χ1v) is 9.86. The Labute approximate surface area is 173 Å². The van der Waals surface area contributed by atoms with Gasteiger partial charge in [-0.1, -0.05) is 17.7 Å². The summed E-state index contributed by atoms with van der Waals surface area (Å²) in [6.07, 6.45) is 2.80. The first-order valence-electron chi connectivity index (χ1n) is 8.87. The second kappa shape index (κ2) is 10.8. The average molecular weight is 421 g/mol. The first kappa shape index (κ1) is 23.6. The van der Waals surface area contributed by atoms with Gasteiger partial charge in [0.15, 0.2) is 0 Å². The maximum atomic E-state index is 12.3. The first-order chi connectivity index (χ1) is 11.6. The van der Waals surface area contributed by atoms with Gasteiger partial charge in [0.2, 0.25) is 0 Å². The van der Waals surface area contributed by atoms with Crippen molar-refractivity contribution in [2.45, 2.75) is 37.2 Å². The second-order valence-electron chi connectivity index (χ2n) is 7.19. The van der Waals surface area contributed by atoms with Crippen LogP contribution in [0.25, 0.3) is 0 Å². The SMILES string of the molecule is Cc1ccc(SCCN(C)CC2CC3(CCNCC3)C(=O)O2)cc1.Cl.Cl. The number of nitrogens with zero attached hydrogens (tertiary/aromatic N) is 1. The zero-order valence-corrected chi connectivity index (χ0v) is 18.0. The number of hydrogen-bond acceptors (Lipinski definition) is 5. The smallest absolute Gasteiger partial charge is 0.312 e. The van der Waals surface area contributed by atoms with E-state index in [1.807, 2.05) is 11.8 Å². The van der Waals surface area contributed by atoms with Crippen molar-refractivity contribution in [3.05, 3.63) is 29.8 Å². The molecule has 4 nitrogen and oxygen atoms in total. The minimum absolute atomic E-state index is 0. The number of carbonyl (C=O) groups is 1. The van der Waals surface area contributed by atoms with Crippen molar-refractivity contribution < 1.29 is 9.53 Å². The molecule has 0 aliphatic carbocycles. The summed E-state index contributed by atoms with van der Waals surface area (Å²) in [6.45, 7) is 5.83. The Morgan fingerprint density at radius 2 is 1.88 bits per heavy atom. The average Bonchev–Trinajstić information content (AvgIpc) is 2.85. The highest BCUT2D eigenvalue weighted by atomic mass is 35.5. The molecule has 1 N–H and O–H groups in total. The summed E-state index contributed by atoms with van der Waals surface area (Å²) < 4.78 is 5.69. The van der Waals surface area contributed by atoms with E-state index >= 15 is 0 Å². The van der Waals surface area contributed by atoms with Crippen LogP contribution in [0, 0.1) is 12.3 Å². The van der Waals surface area contributed by atoms with E-state index in [1.54, 1.807) is 0 Å². The van der Waals surface area contributed by atoms with Crippen molar-refractivity contribution in [1.29, 1.82) is 0 Å². The van der Waals surface area contributed by atoms with E-state index in [0.29, 0.717) is 0 Å². The molecule has 148 valence electrons. The topological polar surface area (TPSA) is 41.6 Å². The van der Waals surface area contributed by atoms with Crippen molar-refractivity contribution in [1.82, 2.24) is 10.2 Å². The lowest BCUT2D eigenvalue weighted by atomic mass is 9.76. The molecule has 1 atom stereocenters. The van der Waals surface area contributed by atoms with E-state index < -0.39 is 0 Å². The molecule has 1 aromatic carbocycles. The number of rotatable bonds is 6. The van der Waals surface area contributed by atoms with Crippen LogP contribution in [-0.2, 0) is 9.53 Å². The third-order valence-electron chi connectivity index (χ3n) is 5.16. The molecule has 1 aromatic rings. The molecule has 0 aromatic heterocycles. The molecule has 2 heterocycles.